The molecule has 0 aliphatic carbocycles. The zero-order valence-corrected chi connectivity index (χ0v) is 18.0. The second-order valence-electron chi connectivity index (χ2n) is 6.51. The maximum Gasteiger partial charge on any atom is 0.221 e. The Labute approximate surface area is 168 Å². The number of amides is 1. The lowest BCUT2D eigenvalue weighted by atomic mass is 10.1. The summed E-state index contributed by atoms with van der Waals surface area (Å²) in [6.07, 6.45) is 3.88. The molecule has 2 fully saturated rings. The Hall–Kier alpha value is -0.610. The lowest BCUT2D eigenvalue weighted by Gasteiger charge is -2.37. The Morgan fingerprint density at radius 1 is 1.32 bits per heavy atom. The summed E-state index contributed by atoms with van der Waals surface area (Å²) in [4.78, 5) is 18.4. The fourth-order valence-electron chi connectivity index (χ4n) is 3.06. The number of carbonyl (C=O) groups is 1. The van der Waals surface area contributed by atoms with Gasteiger partial charge in [-0.05, 0) is 26.2 Å². The normalized spacial score (nSPS) is 25.2. The molecule has 2 saturated heterocycles. The highest BCUT2D eigenvalue weighted by molar-refractivity contribution is 14.0. The van der Waals surface area contributed by atoms with Crippen molar-refractivity contribution in [3.05, 3.63) is 0 Å². The zero-order chi connectivity index (χ0) is 17.4. The van der Waals surface area contributed by atoms with E-state index in [1.54, 1.807) is 7.05 Å². The molecule has 0 bridgehead atoms. The van der Waals surface area contributed by atoms with E-state index in [0.29, 0.717) is 19.6 Å². The summed E-state index contributed by atoms with van der Waals surface area (Å²) in [5.74, 6) is 0.907. The third kappa shape index (κ3) is 7.26. The van der Waals surface area contributed by atoms with Crippen molar-refractivity contribution in [2.24, 2.45) is 4.99 Å². The molecule has 146 valence electrons. The van der Waals surface area contributed by atoms with Gasteiger partial charge in [0.2, 0.25) is 5.91 Å². The number of aliphatic imine (C=N–C) groups is 1. The number of guanidine groups is 1. The number of hydrogen-bond donors (Lipinski definition) is 2. The third-order valence-electron chi connectivity index (χ3n) is 4.64. The second kappa shape index (κ2) is 11.9. The lowest BCUT2D eigenvalue weighted by molar-refractivity contribution is -0.121. The molecule has 2 aliphatic heterocycles. The number of halogens is 1. The molecule has 8 heteroatoms. The van der Waals surface area contributed by atoms with E-state index in [-0.39, 0.29) is 48.1 Å². The number of carbonyl (C=O) groups excluding carboxylic acids is 1. The van der Waals surface area contributed by atoms with E-state index in [9.17, 15) is 4.79 Å². The minimum Gasteiger partial charge on any atom is -0.375 e. The number of hydrogen-bond acceptors (Lipinski definition) is 4. The number of nitrogens with one attached hydrogen (secondary N) is 2. The molecule has 2 N–H and O–H groups in total. The summed E-state index contributed by atoms with van der Waals surface area (Å²) in [7, 11) is 1.78. The molecule has 3 atom stereocenters. The highest BCUT2D eigenvalue weighted by Crippen LogP contribution is 2.20. The van der Waals surface area contributed by atoms with Crippen LogP contribution in [0.3, 0.4) is 0 Å². The Balaban J connectivity index is 0.00000312. The summed E-state index contributed by atoms with van der Waals surface area (Å²) in [5.41, 5.74) is 0. The molecule has 3 unspecified atom stereocenters. The first-order chi connectivity index (χ1) is 11.6. The lowest BCUT2D eigenvalue weighted by Crippen LogP contribution is -2.53. The number of nitrogens with zero attached hydrogens (tertiary/aromatic N) is 2. The predicted octanol–water partition coefficient (Wildman–Crippen LogP) is 1.36. The predicted molar refractivity (Wildman–Crippen MR) is 110 cm³/mol. The molecule has 25 heavy (non-hydrogen) atoms. The Morgan fingerprint density at radius 3 is 2.72 bits per heavy atom. The molecule has 0 radical (unpaired) electrons. The van der Waals surface area contributed by atoms with Crippen molar-refractivity contribution in [2.45, 2.75) is 57.8 Å². The van der Waals surface area contributed by atoms with E-state index in [1.165, 1.54) is 0 Å². The van der Waals surface area contributed by atoms with Gasteiger partial charge >= 0.3 is 0 Å². The van der Waals surface area contributed by atoms with Gasteiger partial charge in [-0.3, -0.25) is 9.79 Å². The highest BCUT2D eigenvalue weighted by Gasteiger charge is 2.32. The minimum atomic E-state index is 0. The molecule has 1 amide bonds. The molecule has 0 saturated carbocycles. The topological polar surface area (TPSA) is 75.2 Å². The van der Waals surface area contributed by atoms with E-state index in [4.69, 9.17) is 9.47 Å². The van der Waals surface area contributed by atoms with Gasteiger partial charge in [-0.25, -0.2) is 0 Å². The van der Waals surface area contributed by atoms with Gasteiger partial charge in [0.05, 0.1) is 12.7 Å². The van der Waals surface area contributed by atoms with Crippen molar-refractivity contribution >= 4 is 35.8 Å². The third-order valence-corrected chi connectivity index (χ3v) is 4.64. The zero-order valence-electron chi connectivity index (χ0n) is 15.6. The van der Waals surface area contributed by atoms with Crippen LogP contribution in [-0.4, -0.2) is 74.9 Å². The smallest absolute Gasteiger partial charge is 0.221 e. The molecule has 2 rings (SSSR count). The van der Waals surface area contributed by atoms with E-state index >= 15 is 0 Å². The van der Waals surface area contributed by atoms with E-state index in [1.807, 2.05) is 6.92 Å². The SMILES string of the molecule is CCC(C)NC(=O)CCNC(=NC)N1CCOC(C2CCCO2)C1.I. The van der Waals surface area contributed by atoms with Gasteiger partial charge in [-0.1, -0.05) is 6.92 Å². The molecule has 7 nitrogen and oxygen atoms in total. The van der Waals surface area contributed by atoms with Gasteiger partial charge in [0, 0.05) is 45.8 Å². The van der Waals surface area contributed by atoms with Gasteiger partial charge in [0.15, 0.2) is 5.96 Å². The van der Waals surface area contributed by atoms with Crippen molar-refractivity contribution in [3.8, 4) is 0 Å². The molecular weight excluding hydrogens is 435 g/mol. The molecule has 0 aromatic carbocycles. The minimum absolute atomic E-state index is 0. The maximum atomic E-state index is 11.8. The van der Waals surface area contributed by atoms with Crippen molar-refractivity contribution in [1.29, 1.82) is 0 Å². The van der Waals surface area contributed by atoms with Crippen LogP contribution in [0.4, 0.5) is 0 Å². The van der Waals surface area contributed by atoms with Crippen molar-refractivity contribution in [3.63, 3.8) is 0 Å². The standard InChI is InChI=1S/C17H32N4O3.HI/c1-4-13(2)20-16(22)7-8-19-17(18-3)21-9-11-24-15(12-21)14-6-5-10-23-14;/h13-15H,4-12H2,1-3H3,(H,18,19)(H,20,22);1H. The summed E-state index contributed by atoms with van der Waals surface area (Å²) in [5, 5.41) is 6.27. The molecule has 2 aliphatic rings. The number of morpholine rings is 1. The number of rotatable bonds is 6. The Bertz CT molecular complexity index is 430. The molecular formula is C17H33IN4O3. The summed E-state index contributed by atoms with van der Waals surface area (Å²) in [6.45, 7) is 7.77. The average molecular weight is 468 g/mol. The summed E-state index contributed by atoms with van der Waals surface area (Å²) < 4.78 is 11.6. The van der Waals surface area contributed by atoms with Crippen molar-refractivity contribution in [1.82, 2.24) is 15.5 Å². The van der Waals surface area contributed by atoms with E-state index < -0.39 is 0 Å². The second-order valence-corrected chi connectivity index (χ2v) is 6.51. The summed E-state index contributed by atoms with van der Waals surface area (Å²) >= 11 is 0. The average Bonchev–Trinajstić information content (AvgIpc) is 3.13. The van der Waals surface area contributed by atoms with Crippen LogP contribution < -0.4 is 10.6 Å². The first-order valence-electron chi connectivity index (χ1n) is 9.12. The molecule has 2 heterocycles. The van der Waals surface area contributed by atoms with Gasteiger partial charge in [0.1, 0.15) is 6.10 Å². The van der Waals surface area contributed by atoms with E-state index in [0.717, 1.165) is 44.9 Å². The first-order valence-corrected chi connectivity index (χ1v) is 9.12. The van der Waals surface area contributed by atoms with Gasteiger partial charge in [-0.15, -0.1) is 24.0 Å². The summed E-state index contributed by atoms with van der Waals surface area (Å²) in [6, 6.07) is 0.225. The molecule has 0 spiro atoms. The van der Waals surface area contributed by atoms with Crippen LogP contribution in [0.1, 0.15) is 39.5 Å². The van der Waals surface area contributed by atoms with Crippen LogP contribution in [0.5, 0.6) is 0 Å². The van der Waals surface area contributed by atoms with Crippen LogP contribution in [0.25, 0.3) is 0 Å². The van der Waals surface area contributed by atoms with Crippen LogP contribution in [0.15, 0.2) is 4.99 Å². The first kappa shape index (κ1) is 22.4. The fourth-order valence-corrected chi connectivity index (χ4v) is 3.06. The maximum absolute atomic E-state index is 11.8. The van der Waals surface area contributed by atoms with Crippen LogP contribution in [0.2, 0.25) is 0 Å². The quantitative estimate of drug-likeness (QED) is 0.350. The molecule has 0 aromatic heterocycles. The van der Waals surface area contributed by atoms with Crippen LogP contribution >= 0.6 is 24.0 Å². The Morgan fingerprint density at radius 2 is 2.08 bits per heavy atom. The van der Waals surface area contributed by atoms with E-state index in [2.05, 4.69) is 27.4 Å². The van der Waals surface area contributed by atoms with Crippen molar-refractivity contribution in [2.75, 3.05) is 39.9 Å². The van der Waals surface area contributed by atoms with Crippen LogP contribution in [0, 0.1) is 0 Å². The fraction of sp³-hybridized carbons (Fsp3) is 0.882. The van der Waals surface area contributed by atoms with Crippen molar-refractivity contribution < 1.29 is 14.3 Å². The largest absolute Gasteiger partial charge is 0.375 e. The monoisotopic (exact) mass is 468 g/mol. The van der Waals surface area contributed by atoms with Gasteiger partial charge in [0.25, 0.3) is 0 Å². The number of ether oxygens (including phenoxy) is 2. The van der Waals surface area contributed by atoms with Gasteiger partial charge < -0.3 is 25.0 Å². The molecule has 0 aromatic rings. The van der Waals surface area contributed by atoms with Gasteiger partial charge in [-0.2, -0.15) is 0 Å². The van der Waals surface area contributed by atoms with Crippen LogP contribution in [-0.2, 0) is 14.3 Å². The Kier molecular flexibility index (Phi) is 10.7. The highest BCUT2D eigenvalue weighted by atomic mass is 127.